The van der Waals surface area contributed by atoms with Gasteiger partial charge in [-0.05, 0) is 35.9 Å². The molecule has 0 radical (unpaired) electrons. The van der Waals surface area contributed by atoms with Gasteiger partial charge in [0.2, 0.25) is 0 Å². The second kappa shape index (κ2) is 10.2. The van der Waals surface area contributed by atoms with E-state index in [4.69, 9.17) is 0 Å². The number of nitrogens with zero attached hydrogens (tertiary/aromatic N) is 3. The maximum atomic E-state index is 13.1. The summed E-state index contributed by atoms with van der Waals surface area (Å²) >= 11 is 0. The zero-order chi connectivity index (χ0) is 24.8. The Morgan fingerprint density at radius 3 is 2.31 bits per heavy atom. The predicted molar refractivity (Wildman–Crippen MR) is 128 cm³/mol. The Balaban J connectivity index is 1.63. The molecule has 2 amide bonds. The van der Waals surface area contributed by atoms with E-state index in [1.54, 1.807) is 54.6 Å². The molecule has 11 heteroatoms. The minimum absolute atomic E-state index is 0.0779. The van der Waals surface area contributed by atoms with Crippen molar-refractivity contribution in [3.63, 3.8) is 0 Å². The van der Waals surface area contributed by atoms with Crippen molar-refractivity contribution in [1.29, 1.82) is 0 Å². The lowest BCUT2D eigenvalue weighted by Gasteiger charge is -2.18. The average Bonchev–Trinajstić information content (AvgIpc) is 2.88. The van der Waals surface area contributed by atoms with Gasteiger partial charge in [-0.2, -0.15) is 10.2 Å². The summed E-state index contributed by atoms with van der Waals surface area (Å²) in [6, 6.07) is 19.2. The highest BCUT2D eigenvalue weighted by Crippen LogP contribution is 2.20. The SMILES string of the molecule is O=C(NC(C(=O)N/N=C/c1ccc([N+](=O)[O-])cc1)c1n[nH]c(=O)c2ccccc12)c1ccccc1. The quantitative estimate of drug-likeness (QED) is 0.214. The Morgan fingerprint density at radius 1 is 0.971 bits per heavy atom. The third-order valence-corrected chi connectivity index (χ3v) is 5.06. The zero-order valence-electron chi connectivity index (χ0n) is 18.0. The van der Waals surface area contributed by atoms with Crippen molar-refractivity contribution in [2.75, 3.05) is 0 Å². The molecular formula is C24H18N6O5. The molecular weight excluding hydrogens is 452 g/mol. The van der Waals surface area contributed by atoms with E-state index in [9.17, 15) is 24.5 Å². The van der Waals surface area contributed by atoms with Crippen LogP contribution < -0.4 is 16.3 Å². The minimum atomic E-state index is -1.29. The minimum Gasteiger partial charge on any atom is -0.335 e. The summed E-state index contributed by atoms with van der Waals surface area (Å²) in [6.07, 6.45) is 1.30. The van der Waals surface area contributed by atoms with Crippen LogP contribution >= 0.6 is 0 Å². The first-order chi connectivity index (χ1) is 16.9. The van der Waals surface area contributed by atoms with Crippen molar-refractivity contribution in [1.82, 2.24) is 20.9 Å². The summed E-state index contributed by atoms with van der Waals surface area (Å²) in [5.41, 5.74) is 2.81. The van der Waals surface area contributed by atoms with Crippen LogP contribution in [0.15, 0.2) is 88.8 Å². The van der Waals surface area contributed by atoms with E-state index in [2.05, 4.69) is 26.0 Å². The van der Waals surface area contributed by atoms with Crippen molar-refractivity contribution in [3.05, 3.63) is 116 Å². The maximum Gasteiger partial charge on any atom is 0.272 e. The van der Waals surface area contributed by atoms with Crippen molar-refractivity contribution in [3.8, 4) is 0 Å². The number of carbonyl (C=O) groups excluding carboxylic acids is 2. The van der Waals surface area contributed by atoms with Crippen LogP contribution in [0.1, 0.15) is 27.7 Å². The normalized spacial score (nSPS) is 11.8. The number of nitro benzene ring substituents is 1. The third kappa shape index (κ3) is 5.25. The fraction of sp³-hybridized carbons (Fsp3) is 0.0417. The fourth-order valence-electron chi connectivity index (χ4n) is 3.34. The number of carbonyl (C=O) groups is 2. The molecule has 0 aliphatic heterocycles. The Kier molecular flexibility index (Phi) is 6.68. The summed E-state index contributed by atoms with van der Waals surface area (Å²) in [5, 5.41) is 24.4. The summed E-state index contributed by atoms with van der Waals surface area (Å²) in [5.74, 6) is -1.24. The van der Waals surface area contributed by atoms with Crippen molar-refractivity contribution >= 4 is 34.5 Å². The van der Waals surface area contributed by atoms with Gasteiger partial charge < -0.3 is 5.32 Å². The molecule has 0 fully saturated rings. The molecule has 4 aromatic rings. The highest BCUT2D eigenvalue weighted by Gasteiger charge is 2.27. The van der Waals surface area contributed by atoms with Crippen LogP contribution in [0.2, 0.25) is 0 Å². The van der Waals surface area contributed by atoms with E-state index < -0.39 is 28.3 Å². The standard InChI is InChI=1S/C24H18N6O5/c31-22(16-6-2-1-3-7-16)26-21(20-18-8-4-5-9-19(18)23(32)29-27-20)24(33)28-25-14-15-10-12-17(13-11-15)30(34)35/h1-14,21H,(H,26,31)(H,28,33)(H,29,32)/b25-14+. The summed E-state index contributed by atoms with van der Waals surface area (Å²) in [6.45, 7) is 0. The number of hydrogen-bond donors (Lipinski definition) is 3. The lowest BCUT2D eigenvalue weighted by Crippen LogP contribution is -2.40. The zero-order valence-corrected chi connectivity index (χ0v) is 18.0. The van der Waals surface area contributed by atoms with Crippen LogP contribution in [0.4, 0.5) is 5.69 Å². The van der Waals surface area contributed by atoms with Gasteiger partial charge in [0, 0.05) is 23.1 Å². The van der Waals surface area contributed by atoms with Crippen LogP contribution in [0, 0.1) is 10.1 Å². The Bertz CT molecular complexity index is 1480. The molecule has 11 nitrogen and oxygen atoms in total. The summed E-state index contributed by atoms with van der Waals surface area (Å²) < 4.78 is 0. The smallest absolute Gasteiger partial charge is 0.272 e. The second-order valence-electron chi connectivity index (χ2n) is 7.34. The Labute approximate surface area is 197 Å². The van der Waals surface area contributed by atoms with Crippen molar-refractivity contribution in [2.45, 2.75) is 6.04 Å². The van der Waals surface area contributed by atoms with Gasteiger partial charge in [0.1, 0.15) is 5.69 Å². The first-order valence-electron chi connectivity index (χ1n) is 10.3. The number of rotatable bonds is 7. The number of amides is 2. The van der Waals surface area contributed by atoms with Crippen LogP contribution in [0.25, 0.3) is 10.8 Å². The Hall–Kier alpha value is -5.19. The number of aromatic amines is 1. The van der Waals surface area contributed by atoms with Gasteiger partial charge in [0.05, 0.1) is 16.5 Å². The van der Waals surface area contributed by atoms with Crippen LogP contribution in [0.5, 0.6) is 0 Å². The summed E-state index contributed by atoms with van der Waals surface area (Å²) in [4.78, 5) is 48.4. The third-order valence-electron chi connectivity index (χ3n) is 5.06. The molecule has 1 heterocycles. The van der Waals surface area contributed by atoms with Crippen molar-refractivity contribution in [2.24, 2.45) is 5.10 Å². The van der Waals surface area contributed by atoms with E-state index in [1.807, 2.05) is 0 Å². The molecule has 0 saturated heterocycles. The molecule has 3 N–H and O–H groups in total. The second-order valence-corrected chi connectivity index (χ2v) is 7.34. The average molecular weight is 470 g/mol. The number of aromatic nitrogens is 2. The van der Waals surface area contributed by atoms with E-state index in [0.717, 1.165) is 0 Å². The lowest BCUT2D eigenvalue weighted by molar-refractivity contribution is -0.384. The number of hydrogen-bond acceptors (Lipinski definition) is 7. The van der Waals surface area contributed by atoms with Crippen LogP contribution in [0.3, 0.4) is 0 Å². The summed E-state index contributed by atoms with van der Waals surface area (Å²) in [7, 11) is 0. The molecule has 0 saturated carbocycles. The van der Waals surface area contributed by atoms with E-state index in [1.165, 1.54) is 30.5 Å². The molecule has 0 aliphatic rings. The first-order valence-corrected chi connectivity index (χ1v) is 10.3. The molecule has 174 valence electrons. The van der Waals surface area contributed by atoms with Gasteiger partial charge >= 0.3 is 0 Å². The first kappa shape index (κ1) is 23.0. The molecule has 35 heavy (non-hydrogen) atoms. The van der Waals surface area contributed by atoms with Crippen molar-refractivity contribution < 1.29 is 14.5 Å². The van der Waals surface area contributed by atoms with Crippen LogP contribution in [-0.2, 0) is 4.79 Å². The molecule has 1 atom stereocenters. The number of H-pyrrole nitrogens is 1. The van der Waals surface area contributed by atoms with Gasteiger partial charge in [-0.3, -0.25) is 24.5 Å². The van der Waals surface area contributed by atoms with Crippen LogP contribution in [-0.4, -0.2) is 33.1 Å². The maximum absolute atomic E-state index is 13.1. The van der Waals surface area contributed by atoms with E-state index in [-0.39, 0.29) is 11.4 Å². The predicted octanol–water partition coefficient (Wildman–Crippen LogP) is 2.45. The van der Waals surface area contributed by atoms with Gasteiger partial charge in [0.15, 0.2) is 6.04 Å². The van der Waals surface area contributed by atoms with E-state index in [0.29, 0.717) is 21.9 Å². The molecule has 4 rings (SSSR count). The molecule has 0 aliphatic carbocycles. The van der Waals surface area contributed by atoms with Gasteiger partial charge in [0.25, 0.3) is 23.1 Å². The number of nitrogens with one attached hydrogen (secondary N) is 3. The molecule has 0 spiro atoms. The number of benzene rings is 3. The molecule has 1 aromatic heterocycles. The highest BCUT2D eigenvalue weighted by molar-refractivity contribution is 5.99. The van der Waals surface area contributed by atoms with Gasteiger partial charge in [-0.25, -0.2) is 10.5 Å². The largest absolute Gasteiger partial charge is 0.335 e. The molecule has 0 bridgehead atoms. The number of non-ortho nitro benzene ring substituents is 1. The lowest BCUT2D eigenvalue weighted by atomic mass is 10.0. The number of nitro groups is 1. The molecule has 1 unspecified atom stereocenters. The topological polar surface area (TPSA) is 159 Å². The van der Waals surface area contributed by atoms with Gasteiger partial charge in [-0.1, -0.05) is 36.4 Å². The monoisotopic (exact) mass is 470 g/mol. The van der Waals surface area contributed by atoms with Gasteiger partial charge in [-0.15, -0.1) is 0 Å². The number of hydrazone groups is 1. The molecule has 3 aromatic carbocycles. The van der Waals surface area contributed by atoms with E-state index >= 15 is 0 Å². The fourth-order valence-corrected chi connectivity index (χ4v) is 3.34. The number of fused-ring (bicyclic) bond motifs is 1. The highest BCUT2D eigenvalue weighted by atomic mass is 16.6. The Morgan fingerprint density at radius 2 is 1.63 bits per heavy atom.